The molecule has 0 spiro atoms. The van der Waals surface area contributed by atoms with E-state index >= 15 is 0 Å². The Labute approximate surface area is 159 Å². The normalized spacial score (nSPS) is 11.7. The zero-order valence-electron chi connectivity index (χ0n) is 15.9. The fourth-order valence-electron chi connectivity index (χ4n) is 2.66. The number of nitrogens with one attached hydrogen (secondary N) is 1. The lowest BCUT2D eigenvalue weighted by atomic mass is 9.87. The maximum atomic E-state index is 12.2. The molecule has 3 aromatic rings. The second kappa shape index (κ2) is 7.99. The fourth-order valence-corrected chi connectivity index (χ4v) is 2.66. The van der Waals surface area contributed by atoms with Gasteiger partial charge in [0.05, 0.1) is 12.7 Å². The van der Waals surface area contributed by atoms with Crippen LogP contribution in [-0.2, 0) is 16.8 Å². The molecule has 0 bridgehead atoms. The van der Waals surface area contributed by atoms with Crippen LogP contribution in [0.1, 0.15) is 37.5 Å². The summed E-state index contributed by atoms with van der Waals surface area (Å²) in [6.07, 6.45) is 8.31. The Morgan fingerprint density at radius 3 is 2.56 bits per heavy atom. The van der Waals surface area contributed by atoms with Crippen LogP contribution in [0, 0.1) is 0 Å². The number of hydrogen-bond donors (Lipinski definition) is 1. The molecule has 0 atom stereocenters. The molecule has 2 heterocycles. The minimum Gasteiger partial charge on any atom is -0.307 e. The second-order valence-corrected chi connectivity index (χ2v) is 7.43. The van der Waals surface area contributed by atoms with E-state index < -0.39 is 0 Å². The van der Waals surface area contributed by atoms with Crippen molar-refractivity contribution in [3.8, 4) is 0 Å². The summed E-state index contributed by atoms with van der Waals surface area (Å²) in [5.74, 6) is 0.458. The number of benzene rings is 1. The number of pyridine rings is 1. The number of carbonyl (C=O) groups excluding carboxylic acids is 1. The number of anilines is 1. The zero-order valence-corrected chi connectivity index (χ0v) is 15.9. The Kier molecular flexibility index (Phi) is 5.50. The van der Waals surface area contributed by atoms with Crippen molar-refractivity contribution in [1.29, 1.82) is 0 Å². The van der Waals surface area contributed by atoms with Gasteiger partial charge in [0.15, 0.2) is 0 Å². The molecule has 1 N–H and O–H groups in total. The first kappa shape index (κ1) is 18.6. The highest BCUT2D eigenvalue weighted by molar-refractivity contribution is 6.01. The number of amides is 1. The molecule has 5 nitrogen and oxygen atoms in total. The van der Waals surface area contributed by atoms with Gasteiger partial charge in [-0.1, -0.05) is 51.1 Å². The molecule has 27 heavy (non-hydrogen) atoms. The molecule has 0 saturated heterocycles. The smallest absolute Gasteiger partial charge is 0.249 e. The van der Waals surface area contributed by atoms with Gasteiger partial charge >= 0.3 is 0 Å². The van der Waals surface area contributed by atoms with E-state index in [-0.39, 0.29) is 11.3 Å². The van der Waals surface area contributed by atoms with E-state index in [9.17, 15) is 4.79 Å². The monoisotopic (exact) mass is 360 g/mol. The average Bonchev–Trinajstić information content (AvgIpc) is 3.07. The summed E-state index contributed by atoms with van der Waals surface area (Å²) in [7, 11) is 0. The molecular weight excluding hydrogens is 336 g/mol. The van der Waals surface area contributed by atoms with Crippen LogP contribution in [0.2, 0.25) is 0 Å². The second-order valence-electron chi connectivity index (χ2n) is 7.43. The molecule has 0 unspecified atom stereocenters. The van der Waals surface area contributed by atoms with E-state index in [0.717, 1.165) is 11.1 Å². The van der Waals surface area contributed by atoms with E-state index in [1.54, 1.807) is 35.4 Å². The molecule has 0 radical (unpaired) electrons. The predicted molar refractivity (Wildman–Crippen MR) is 108 cm³/mol. The Bertz CT molecular complexity index is 919. The van der Waals surface area contributed by atoms with Crippen LogP contribution in [0.25, 0.3) is 6.08 Å². The highest BCUT2D eigenvalue weighted by atomic mass is 16.1. The van der Waals surface area contributed by atoms with Crippen molar-refractivity contribution in [2.24, 2.45) is 0 Å². The van der Waals surface area contributed by atoms with Gasteiger partial charge in [0.25, 0.3) is 0 Å². The molecule has 138 valence electrons. The van der Waals surface area contributed by atoms with Gasteiger partial charge in [0, 0.05) is 24.5 Å². The summed E-state index contributed by atoms with van der Waals surface area (Å²) >= 11 is 0. The van der Waals surface area contributed by atoms with E-state index in [1.807, 2.05) is 12.1 Å². The van der Waals surface area contributed by atoms with Crippen LogP contribution < -0.4 is 5.32 Å². The molecule has 0 aliphatic heterocycles. The van der Waals surface area contributed by atoms with E-state index in [1.165, 1.54) is 11.6 Å². The van der Waals surface area contributed by atoms with Gasteiger partial charge in [0.2, 0.25) is 5.91 Å². The third kappa shape index (κ3) is 5.14. The Balaban J connectivity index is 1.65. The standard InChI is InChI=1S/C22H24N4O/c1-22(2,3)19-9-6-18(7-10-19)16-26-20(12-14-24-26)25-21(27)11-8-17-5-4-13-23-15-17/h4-15H,16H2,1-3H3,(H,25,27). The van der Waals surface area contributed by atoms with Gasteiger partial charge in [-0.05, 0) is 34.2 Å². The molecule has 0 aliphatic rings. The van der Waals surface area contributed by atoms with Crippen molar-refractivity contribution in [3.63, 3.8) is 0 Å². The van der Waals surface area contributed by atoms with E-state index in [0.29, 0.717) is 12.4 Å². The van der Waals surface area contributed by atoms with Crippen molar-refractivity contribution in [2.75, 3.05) is 5.32 Å². The highest BCUT2D eigenvalue weighted by Crippen LogP contribution is 2.22. The fraction of sp³-hybridized carbons (Fsp3) is 0.227. The van der Waals surface area contributed by atoms with Gasteiger partial charge in [-0.3, -0.25) is 9.78 Å². The van der Waals surface area contributed by atoms with Crippen LogP contribution in [0.15, 0.2) is 67.1 Å². The maximum absolute atomic E-state index is 12.2. The Morgan fingerprint density at radius 2 is 1.89 bits per heavy atom. The van der Waals surface area contributed by atoms with Gasteiger partial charge in [-0.25, -0.2) is 4.68 Å². The molecule has 3 rings (SSSR count). The van der Waals surface area contributed by atoms with Gasteiger partial charge in [-0.15, -0.1) is 0 Å². The highest BCUT2D eigenvalue weighted by Gasteiger charge is 2.13. The molecule has 1 aromatic carbocycles. The Morgan fingerprint density at radius 1 is 1.11 bits per heavy atom. The quantitative estimate of drug-likeness (QED) is 0.691. The van der Waals surface area contributed by atoms with Gasteiger partial charge < -0.3 is 5.32 Å². The molecule has 0 saturated carbocycles. The molecule has 0 fully saturated rings. The lowest BCUT2D eigenvalue weighted by Crippen LogP contribution is -2.14. The largest absolute Gasteiger partial charge is 0.307 e. The van der Waals surface area contributed by atoms with Gasteiger partial charge in [0.1, 0.15) is 5.82 Å². The topological polar surface area (TPSA) is 59.8 Å². The third-order valence-corrected chi connectivity index (χ3v) is 4.23. The summed E-state index contributed by atoms with van der Waals surface area (Å²) < 4.78 is 1.78. The summed E-state index contributed by atoms with van der Waals surface area (Å²) in [6, 6.07) is 14.0. The lowest BCUT2D eigenvalue weighted by Gasteiger charge is -2.19. The number of hydrogen-bond acceptors (Lipinski definition) is 3. The summed E-state index contributed by atoms with van der Waals surface area (Å²) in [6.45, 7) is 7.19. The van der Waals surface area contributed by atoms with Crippen LogP contribution in [0.3, 0.4) is 0 Å². The first-order chi connectivity index (χ1) is 12.9. The average molecular weight is 360 g/mol. The van der Waals surface area contributed by atoms with Crippen molar-refractivity contribution in [2.45, 2.75) is 32.7 Å². The zero-order chi connectivity index (χ0) is 19.3. The van der Waals surface area contributed by atoms with Gasteiger partial charge in [-0.2, -0.15) is 5.10 Å². The Hall–Kier alpha value is -3.21. The van der Waals surface area contributed by atoms with Crippen LogP contribution in [0.5, 0.6) is 0 Å². The van der Waals surface area contributed by atoms with Crippen molar-refractivity contribution >= 4 is 17.8 Å². The van der Waals surface area contributed by atoms with E-state index in [2.05, 4.69) is 60.4 Å². The van der Waals surface area contributed by atoms with Crippen molar-refractivity contribution < 1.29 is 4.79 Å². The third-order valence-electron chi connectivity index (χ3n) is 4.23. The molecular formula is C22H24N4O. The molecule has 2 aromatic heterocycles. The van der Waals surface area contributed by atoms with Crippen LogP contribution in [0.4, 0.5) is 5.82 Å². The number of nitrogens with zero attached hydrogens (tertiary/aromatic N) is 3. The molecule has 0 aliphatic carbocycles. The first-order valence-electron chi connectivity index (χ1n) is 8.92. The summed E-state index contributed by atoms with van der Waals surface area (Å²) in [5.41, 5.74) is 3.43. The summed E-state index contributed by atoms with van der Waals surface area (Å²) in [5, 5.41) is 7.19. The number of aromatic nitrogens is 3. The van der Waals surface area contributed by atoms with Crippen molar-refractivity contribution in [3.05, 3.63) is 83.8 Å². The molecule has 5 heteroatoms. The first-order valence-corrected chi connectivity index (χ1v) is 8.92. The number of rotatable bonds is 5. The predicted octanol–water partition coefficient (Wildman–Crippen LogP) is 4.28. The summed E-state index contributed by atoms with van der Waals surface area (Å²) in [4.78, 5) is 16.2. The van der Waals surface area contributed by atoms with Crippen molar-refractivity contribution in [1.82, 2.24) is 14.8 Å². The maximum Gasteiger partial charge on any atom is 0.249 e. The van der Waals surface area contributed by atoms with E-state index in [4.69, 9.17) is 0 Å². The number of carbonyl (C=O) groups is 1. The van der Waals surface area contributed by atoms with Crippen LogP contribution in [-0.4, -0.2) is 20.7 Å². The minimum absolute atomic E-state index is 0.129. The lowest BCUT2D eigenvalue weighted by molar-refractivity contribution is -0.111. The SMILES string of the molecule is CC(C)(C)c1ccc(Cn2nccc2NC(=O)C=Cc2cccnc2)cc1. The minimum atomic E-state index is -0.205. The van der Waals surface area contributed by atoms with Crippen LogP contribution >= 0.6 is 0 Å². The molecule has 1 amide bonds.